The van der Waals surface area contributed by atoms with Crippen LogP contribution >= 0.6 is 0 Å². The van der Waals surface area contributed by atoms with Gasteiger partial charge in [0.2, 0.25) is 0 Å². The smallest absolute Gasteiger partial charge is 0.0701 e. The summed E-state index contributed by atoms with van der Waals surface area (Å²) in [6.07, 6.45) is 11.6. The van der Waals surface area contributed by atoms with Gasteiger partial charge in [-0.2, -0.15) is 0 Å². The molecule has 0 atom stereocenters. The van der Waals surface area contributed by atoms with Gasteiger partial charge in [0.15, 0.2) is 0 Å². The molecule has 3 heteroatoms. The molecule has 0 aromatic carbocycles. The Morgan fingerprint density at radius 3 is 1.54 bits per heavy atom. The molecule has 2 aliphatic heterocycles. The predicted molar refractivity (Wildman–Crippen MR) is 52.2 cm³/mol. The second-order valence-corrected chi connectivity index (χ2v) is 2.49. The van der Waals surface area contributed by atoms with Gasteiger partial charge < -0.3 is 14.8 Å². The summed E-state index contributed by atoms with van der Waals surface area (Å²) in [4.78, 5) is 0. The Balaban J connectivity index is 0.000000132. The molecular weight excluding hydrogens is 166 g/mol. The summed E-state index contributed by atoms with van der Waals surface area (Å²) >= 11 is 0. The maximum atomic E-state index is 4.94. The molecule has 2 heterocycles. The van der Waals surface area contributed by atoms with Crippen LogP contribution < -0.4 is 5.32 Å². The van der Waals surface area contributed by atoms with Crippen molar-refractivity contribution in [2.45, 2.75) is 0 Å². The molecule has 13 heavy (non-hydrogen) atoms. The van der Waals surface area contributed by atoms with Crippen LogP contribution in [-0.2, 0) is 9.47 Å². The Morgan fingerprint density at radius 1 is 0.692 bits per heavy atom. The van der Waals surface area contributed by atoms with Crippen molar-refractivity contribution in [3.05, 3.63) is 36.7 Å². The molecule has 0 radical (unpaired) electrons. The first-order valence-corrected chi connectivity index (χ1v) is 4.40. The SMILES string of the molecule is C1=CC=CNC=C1.C1COCCO1. The fourth-order valence-corrected chi connectivity index (χ4v) is 0.846. The van der Waals surface area contributed by atoms with E-state index in [0.29, 0.717) is 0 Å². The summed E-state index contributed by atoms with van der Waals surface area (Å²) in [5.41, 5.74) is 0. The summed E-state index contributed by atoms with van der Waals surface area (Å²) in [7, 11) is 0. The average Bonchev–Trinajstić information content (AvgIpc) is 2.53. The normalized spacial score (nSPS) is 19.7. The Hall–Kier alpha value is -1.06. The quantitative estimate of drug-likeness (QED) is 0.609. The minimum atomic E-state index is 0.778. The number of hydrogen-bond donors (Lipinski definition) is 1. The monoisotopic (exact) mass is 181 g/mol. The van der Waals surface area contributed by atoms with Crippen LogP contribution in [-0.4, -0.2) is 26.4 Å². The van der Waals surface area contributed by atoms with Gasteiger partial charge in [0.1, 0.15) is 0 Å². The van der Waals surface area contributed by atoms with Crippen LogP contribution in [0.3, 0.4) is 0 Å². The van der Waals surface area contributed by atoms with E-state index >= 15 is 0 Å². The fraction of sp³-hybridized carbons (Fsp3) is 0.400. The maximum Gasteiger partial charge on any atom is 0.0701 e. The molecule has 2 rings (SSSR count). The summed E-state index contributed by atoms with van der Waals surface area (Å²) in [5.74, 6) is 0. The van der Waals surface area contributed by atoms with Crippen LogP contribution in [0, 0.1) is 0 Å². The van der Waals surface area contributed by atoms with Gasteiger partial charge in [0.05, 0.1) is 26.4 Å². The Bertz CT molecular complexity index is 168. The van der Waals surface area contributed by atoms with E-state index in [2.05, 4.69) is 5.32 Å². The van der Waals surface area contributed by atoms with Gasteiger partial charge in [0, 0.05) is 12.4 Å². The van der Waals surface area contributed by atoms with Gasteiger partial charge >= 0.3 is 0 Å². The van der Waals surface area contributed by atoms with Crippen molar-refractivity contribution in [1.82, 2.24) is 5.32 Å². The Morgan fingerprint density at radius 2 is 1.15 bits per heavy atom. The minimum Gasteiger partial charge on any atom is -0.377 e. The lowest BCUT2D eigenvalue weighted by Gasteiger charge is -2.09. The predicted octanol–water partition coefficient (Wildman–Crippen LogP) is 1.21. The van der Waals surface area contributed by atoms with Crippen molar-refractivity contribution in [2.75, 3.05) is 26.4 Å². The second-order valence-electron chi connectivity index (χ2n) is 2.49. The van der Waals surface area contributed by atoms with Crippen LogP contribution in [0.5, 0.6) is 0 Å². The Labute approximate surface area is 78.7 Å². The van der Waals surface area contributed by atoms with E-state index in [1.807, 2.05) is 36.7 Å². The number of hydrogen-bond acceptors (Lipinski definition) is 3. The van der Waals surface area contributed by atoms with Crippen LogP contribution in [0.15, 0.2) is 36.7 Å². The van der Waals surface area contributed by atoms with Crippen molar-refractivity contribution in [1.29, 1.82) is 0 Å². The minimum absolute atomic E-state index is 0.778. The molecule has 2 aliphatic rings. The molecule has 0 unspecified atom stereocenters. The highest BCUT2D eigenvalue weighted by molar-refractivity contribution is 5.14. The highest BCUT2D eigenvalue weighted by Gasteiger charge is 1.94. The molecule has 1 N–H and O–H groups in total. The average molecular weight is 181 g/mol. The number of nitrogens with one attached hydrogen (secondary N) is 1. The van der Waals surface area contributed by atoms with Crippen molar-refractivity contribution >= 4 is 0 Å². The van der Waals surface area contributed by atoms with E-state index in [1.165, 1.54) is 0 Å². The highest BCUT2D eigenvalue weighted by atomic mass is 16.6. The van der Waals surface area contributed by atoms with Crippen molar-refractivity contribution in [2.24, 2.45) is 0 Å². The van der Waals surface area contributed by atoms with E-state index in [1.54, 1.807) is 0 Å². The molecule has 72 valence electrons. The van der Waals surface area contributed by atoms with E-state index in [9.17, 15) is 0 Å². The first kappa shape index (κ1) is 10.0. The van der Waals surface area contributed by atoms with Gasteiger partial charge in [-0.3, -0.25) is 0 Å². The van der Waals surface area contributed by atoms with Crippen molar-refractivity contribution < 1.29 is 9.47 Å². The first-order valence-electron chi connectivity index (χ1n) is 4.40. The molecular formula is C10H15NO2. The zero-order valence-corrected chi connectivity index (χ0v) is 7.61. The van der Waals surface area contributed by atoms with Gasteiger partial charge in [0.25, 0.3) is 0 Å². The van der Waals surface area contributed by atoms with Crippen molar-refractivity contribution in [3.63, 3.8) is 0 Å². The summed E-state index contributed by atoms with van der Waals surface area (Å²) in [6.45, 7) is 3.11. The lowest BCUT2D eigenvalue weighted by atomic mass is 10.5. The molecule has 1 fully saturated rings. The number of ether oxygens (including phenoxy) is 2. The summed E-state index contributed by atoms with van der Waals surface area (Å²) in [5, 5.41) is 2.92. The van der Waals surface area contributed by atoms with E-state index in [-0.39, 0.29) is 0 Å². The number of allylic oxidation sites excluding steroid dienone is 4. The zero-order chi connectivity index (χ0) is 9.19. The van der Waals surface area contributed by atoms with E-state index in [4.69, 9.17) is 9.47 Å². The maximum absolute atomic E-state index is 4.94. The highest BCUT2D eigenvalue weighted by Crippen LogP contribution is 1.85. The zero-order valence-electron chi connectivity index (χ0n) is 7.61. The molecule has 0 aliphatic carbocycles. The largest absolute Gasteiger partial charge is 0.377 e. The summed E-state index contributed by atoms with van der Waals surface area (Å²) < 4.78 is 9.89. The van der Waals surface area contributed by atoms with Gasteiger partial charge in [-0.05, 0) is 12.2 Å². The second kappa shape index (κ2) is 7.58. The molecule has 1 saturated heterocycles. The molecule has 0 aromatic rings. The van der Waals surface area contributed by atoms with Crippen LogP contribution in [0.25, 0.3) is 0 Å². The molecule has 0 spiro atoms. The van der Waals surface area contributed by atoms with Crippen LogP contribution in [0.2, 0.25) is 0 Å². The lowest BCUT2D eigenvalue weighted by Crippen LogP contribution is -2.16. The summed E-state index contributed by atoms with van der Waals surface area (Å²) in [6, 6.07) is 0. The first-order chi connectivity index (χ1) is 6.50. The van der Waals surface area contributed by atoms with Crippen LogP contribution in [0.1, 0.15) is 0 Å². The van der Waals surface area contributed by atoms with Crippen molar-refractivity contribution in [3.8, 4) is 0 Å². The standard InChI is InChI=1S/C6H7N.C4H8O2/c1-2-4-6-7-5-3-1;1-2-6-4-3-5-1/h1-7H;1-4H2. The van der Waals surface area contributed by atoms with E-state index in [0.717, 1.165) is 26.4 Å². The molecule has 0 saturated carbocycles. The third-order valence-electron chi connectivity index (χ3n) is 1.46. The molecule has 0 aromatic heterocycles. The third-order valence-corrected chi connectivity index (χ3v) is 1.46. The lowest BCUT2D eigenvalue weighted by molar-refractivity contribution is -0.0334. The van der Waals surface area contributed by atoms with Gasteiger partial charge in [-0.25, -0.2) is 0 Å². The van der Waals surface area contributed by atoms with E-state index < -0.39 is 0 Å². The molecule has 0 amide bonds. The van der Waals surface area contributed by atoms with Crippen LogP contribution in [0.4, 0.5) is 0 Å². The van der Waals surface area contributed by atoms with Gasteiger partial charge in [-0.15, -0.1) is 0 Å². The molecule has 3 nitrogen and oxygen atoms in total. The fourth-order valence-electron chi connectivity index (χ4n) is 0.846. The molecule has 0 bridgehead atoms. The third kappa shape index (κ3) is 6.13. The Kier molecular flexibility index (Phi) is 5.85. The topological polar surface area (TPSA) is 30.5 Å². The van der Waals surface area contributed by atoms with Gasteiger partial charge in [-0.1, -0.05) is 12.2 Å². The number of rotatable bonds is 0.